The molecule has 3 rings (SSSR count). The normalized spacial score (nSPS) is 11.1. The lowest BCUT2D eigenvalue weighted by atomic mass is 10.3. The lowest BCUT2D eigenvalue weighted by Crippen LogP contribution is -2.34. The Balaban J connectivity index is 1.54. The van der Waals surface area contributed by atoms with Gasteiger partial charge in [0.05, 0.1) is 10.6 Å². The first kappa shape index (κ1) is 23.9. The van der Waals surface area contributed by atoms with Gasteiger partial charge in [-0.2, -0.15) is 4.31 Å². The number of carbonyl (C=O) groups is 2. The van der Waals surface area contributed by atoms with Crippen molar-refractivity contribution in [2.45, 2.75) is 4.90 Å². The van der Waals surface area contributed by atoms with Gasteiger partial charge in [-0.1, -0.05) is 30.3 Å². The third kappa shape index (κ3) is 6.61. The summed E-state index contributed by atoms with van der Waals surface area (Å²) in [7, 11) is -2.85. The molecular weight excluding hydrogens is 451 g/mol. The van der Waals surface area contributed by atoms with Crippen LogP contribution >= 0.6 is 0 Å². The molecule has 0 heterocycles. The molecule has 0 atom stereocenters. The Kier molecular flexibility index (Phi) is 7.75. The first-order chi connectivity index (χ1) is 15.8. The van der Waals surface area contributed by atoms with Crippen LogP contribution in [0.5, 0.6) is 11.5 Å². The molecule has 0 fully saturated rings. The van der Waals surface area contributed by atoms with E-state index in [1.165, 1.54) is 7.05 Å². The topological polar surface area (TPSA) is 102 Å². The molecule has 33 heavy (non-hydrogen) atoms. The molecule has 172 valence electrons. The molecule has 0 spiro atoms. The summed E-state index contributed by atoms with van der Waals surface area (Å²) in [6.07, 6.45) is 0. The van der Waals surface area contributed by atoms with Crippen molar-refractivity contribution < 1.29 is 31.9 Å². The van der Waals surface area contributed by atoms with Crippen molar-refractivity contribution in [1.82, 2.24) is 4.31 Å². The van der Waals surface area contributed by atoms with Crippen LogP contribution in [0.1, 0.15) is 0 Å². The molecule has 8 nitrogen and oxygen atoms in total. The Morgan fingerprint density at radius 2 is 1.58 bits per heavy atom. The molecule has 1 amide bonds. The van der Waals surface area contributed by atoms with Gasteiger partial charge in [-0.3, -0.25) is 9.59 Å². The fourth-order valence-corrected chi connectivity index (χ4v) is 3.82. The fourth-order valence-electron chi connectivity index (χ4n) is 2.71. The second-order valence-electron chi connectivity index (χ2n) is 6.84. The minimum Gasteiger partial charge on any atom is -0.455 e. The Bertz CT molecular complexity index is 1220. The Morgan fingerprint density at radius 1 is 0.939 bits per heavy atom. The summed E-state index contributed by atoms with van der Waals surface area (Å²) in [6.45, 7) is -1.25. The van der Waals surface area contributed by atoms with Crippen molar-refractivity contribution in [3.63, 3.8) is 0 Å². The maximum atomic E-state index is 13.0. The number of sulfonamides is 1. The van der Waals surface area contributed by atoms with Gasteiger partial charge in [-0.25, -0.2) is 12.8 Å². The second kappa shape index (κ2) is 10.7. The summed E-state index contributed by atoms with van der Waals surface area (Å²) in [5, 5.41) is 2.59. The van der Waals surface area contributed by atoms with Gasteiger partial charge in [0.1, 0.15) is 18.1 Å². The number of rotatable bonds is 9. The van der Waals surface area contributed by atoms with Crippen LogP contribution in [0.3, 0.4) is 0 Å². The summed E-state index contributed by atoms with van der Waals surface area (Å²) < 4.78 is 49.3. The number of esters is 1. The molecule has 0 unspecified atom stereocenters. The number of likely N-dealkylation sites (N-methyl/N-ethyl adjacent to an activating group) is 1. The van der Waals surface area contributed by atoms with E-state index in [4.69, 9.17) is 9.47 Å². The van der Waals surface area contributed by atoms with E-state index in [0.717, 1.165) is 28.6 Å². The maximum Gasteiger partial charge on any atom is 0.321 e. The number of hydrogen-bond acceptors (Lipinski definition) is 6. The molecule has 0 saturated carbocycles. The standard InChI is InChI=1S/C23H21FN2O6S/c1-26(33(29,30)19-13-11-17(24)12-14-19)15-23(28)31-16-22(27)25-20-9-5-6-10-21(20)32-18-7-3-2-4-8-18/h2-14H,15-16H2,1H3,(H,25,27). The van der Waals surface area contributed by atoms with Crippen LogP contribution < -0.4 is 10.1 Å². The number of halogens is 1. The predicted octanol–water partition coefficient (Wildman–Crippen LogP) is 3.42. The third-order valence-electron chi connectivity index (χ3n) is 4.37. The van der Waals surface area contributed by atoms with Crippen LogP contribution in [0.25, 0.3) is 0 Å². The van der Waals surface area contributed by atoms with Crippen molar-refractivity contribution >= 4 is 27.6 Å². The Hall–Kier alpha value is -3.76. The number of amides is 1. The molecule has 3 aromatic rings. The van der Waals surface area contributed by atoms with Crippen LogP contribution in [0, 0.1) is 5.82 Å². The summed E-state index contributed by atoms with van der Waals surface area (Å²) in [6, 6.07) is 19.9. The number of nitrogens with zero attached hydrogens (tertiary/aromatic N) is 1. The van der Waals surface area contributed by atoms with Crippen LogP contribution in [-0.4, -0.2) is 44.8 Å². The van der Waals surface area contributed by atoms with Gasteiger partial charge in [0.25, 0.3) is 5.91 Å². The molecule has 0 aliphatic carbocycles. The molecule has 0 radical (unpaired) electrons. The summed E-state index contributed by atoms with van der Waals surface area (Å²) in [5.74, 6) is -1.16. The molecule has 0 bridgehead atoms. The highest BCUT2D eigenvalue weighted by Gasteiger charge is 2.24. The summed E-state index contributed by atoms with van der Waals surface area (Å²) >= 11 is 0. The van der Waals surface area contributed by atoms with E-state index in [-0.39, 0.29) is 4.90 Å². The Labute approximate surface area is 190 Å². The van der Waals surface area contributed by atoms with E-state index in [1.807, 2.05) is 18.2 Å². The number of nitrogens with one attached hydrogen (secondary N) is 1. The van der Waals surface area contributed by atoms with Gasteiger partial charge in [0.2, 0.25) is 10.0 Å². The van der Waals surface area contributed by atoms with Crippen molar-refractivity contribution in [3.8, 4) is 11.5 Å². The molecule has 0 aliphatic heterocycles. The average molecular weight is 472 g/mol. The molecule has 0 aliphatic rings. The van der Waals surface area contributed by atoms with E-state index >= 15 is 0 Å². The maximum absolute atomic E-state index is 13.0. The zero-order valence-corrected chi connectivity index (χ0v) is 18.4. The van der Waals surface area contributed by atoms with Crippen molar-refractivity contribution in [3.05, 3.63) is 84.7 Å². The van der Waals surface area contributed by atoms with E-state index in [1.54, 1.807) is 36.4 Å². The third-order valence-corrected chi connectivity index (χ3v) is 6.19. The smallest absolute Gasteiger partial charge is 0.321 e. The first-order valence-corrected chi connectivity index (χ1v) is 11.2. The van der Waals surface area contributed by atoms with Gasteiger partial charge in [0, 0.05) is 7.05 Å². The number of para-hydroxylation sites is 3. The quantitative estimate of drug-likeness (QED) is 0.479. The van der Waals surface area contributed by atoms with Gasteiger partial charge >= 0.3 is 5.97 Å². The van der Waals surface area contributed by atoms with Crippen LogP contribution in [0.2, 0.25) is 0 Å². The van der Waals surface area contributed by atoms with E-state index in [9.17, 15) is 22.4 Å². The molecule has 10 heteroatoms. The van der Waals surface area contributed by atoms with Gasteiger partial charge in [-0.15, -0.1) is 0 Å². The average Bonchev–Trinajstić information content (AvgIpc) is 2.80. The summed E-state index contributed by atoms with van der Waals surface area (Å²) in [5.41, 5.74) is 0.374. The first-order valence-electron chi connectivity index (χ1n) is 9.75. The SMILES string of the molecule is CN(CC(=O)OCC(=O)Nc1ccccc1Oc1ccccc1)S(=O)(=O)c1ccc(F)cc1. The zero-order chi connectivity index (χ0) is 23.8. The van der Waals surface area contributed by atoms with Crippen LogP contribution in [-0.2, 0) is 24.3 Å². The molecule has 0 saturated heterocycles. The number of hydrogen-bond donors (Lipinski definition) is 1. The highest BCUT2D eigenvalue weighted by molar-refractivity contribution is 7.89. The fraction of sp³-hybridized carbons (Fsp3) is 0.130. The minimum atomic E-state index is -4.02. The predicted molar refractivity (Wildman–Crippen MR) is 119 cm³/mol. The lowest BCUT2D eigenvalue weighted by molar-refractivity contribution is -0.147. The zero-order valence-electron chi connectivity index (χ0n) is 17.6. The molecule has 1 N–H and O–H groups in total. The highest BCUT2D eigenvalue weighted by atomic mass is 32.2. The molecule has 3 aromatic carbocycles. The number of benzene rings is 3. The van der Waals surface area contributed by atoms with Crippen molar-refractivity contribution in [1.29, 1.82) is 0 Å². The minimum absolute atomic E-state index is 0.174. The van der Waals surface area contributed by atoms with E-state index in [0.29, 0.717) is 17.2 Å². The molecular formula is C23H21FN2O6S. The monoisotopic (exact) mass is 472 g/mol. The van der Waals surface area contributed by atoms with E-state index in [2.05, 4.69) is 5.32 Å². The molecule has 0 aromatic heterocycles. The van der Waals surface area contributed by atoms with Gasteiger partial charge in [-0.05, 0) is 48.5 Å². The van der Waals surface area contributed by atoms with Crippen molar-refractivity contribution in [2.24, 2.45) is 0 Å². The lowest BCUT2D eigenvalue weighted by Gasteiger charge is -2.16. The van der Waals surface area contributed by atoms with Gasteiger partial charge in [0.15, 0.2) is 12.4 Å². The summed E-state index contributed by atoms with van der Waals surface area (Å²) in [4.78, 5) is 24.1. The van der Waals surface area contributed by atoms with Crippen molar-refractivity contribution in [2.75, 3.05) is 25.5 Å². The Morgan fingerprint density at radius 3 is 2.27 bits per heavy atom. The van der Waals surface area contributed by atoms with Gasteiger partial charge < -0.3 is 14.8 Å². The van der Waals surface area contributed by atoms with Crippen LogP contribution in [0.4, 0.5) is 10.1 Å². The van der Waals surface area contributed by atoms with E-state index < -0.39 is 40.9 Å². The number of ether oxygens (including phenoxy) is 2. The highest BCUT2D eigenvalue weighted by Crippen LogP contribution is 2.29. The number of carbonyl (C=O) groups excluding carboxylic acids is 2. The number of anilines is 1. The largest absolute Gasteiger partial charge is 0.455 e. The van der Waals surface area contributed by atoms with Crippen LogP contribution in [0.15, 0.2) is 83.8 Å². The second-order valence-corrected chi connectivity index (χ2v) is 8.88.